The highest BCUT2D eigenvalue weighted by molar-refractivity contribution is 5.83. The van der Waals surface area contributed by atoms with Crippen LogP contribution < -0.4 is 20.2 Å². The Morgan fingerprint density at radius 3 is 2.70 bits per heavy atom. The van der Waals surface area contributed by atoms with Crippen molar-refractivity contribution in [2.24, 2.45) is 0 Å². The van der Waals surface area contributed by atoms with Crippen molar-refractivity contribution in [1.29, 1.82) is 0 Å². The summed E-state index contributed by atoms with van der Waals surface area (Å²) in [6.45, 7) is 0.860. The summed E-state index contributed by atoms with van der Waals surface area (Å²) in [6.07, 6.45) is 1.96. The van der Waals surface area contributed by atoms with Gasteiger partial charge < -0.3 is 23.9 Å². The zero-order valence-electron chi connectivity index (χ0n) is 16.7. The summed E-state index contributed by atoms with van der Waals surface area (Å²) >= 11 is 0. The topological polar surface area (TPSA) is 87.0 Å². The monoisotopic (exact) mass is 409 g/mol. The van der Waals surface area contributed by atoms with Gasteiger partial charge in [-0.15, -0.1) is 0 Å². The van der Waals surface area contributed by atoms with Crippen molar-refractivity contribution < 1.29 is 23.4 Å². The highest BCUT2D eigenvalue weighted by Crippen LogP contribution is 2.31. The number of methoxy groups -OCH3 is 1. The van der Waals surface area contributed by atoms with Gasteiger partial charge in [0.1, 0.15) is 11.3 Å². The van der Waals surface area contributed by atoms with E-state index in [0.29, 0.717) is 28.8 Å². The first-order valence-corrected chi connectivity index (χ1v) is 9.87. The first-order chi connectivity index (χ1) is 14.7. The van der Waals surface area contributed by atoms with E-state index in [4.69, 9.17) is 18.6 Å². The second kappa shape index (κ2) is 9.00. The smallest absolute Gasteiger partial charge is 0.258 e. The van der Waals surface area contributed by atoms with Crippen molar-refractivity contribution in [3.63, 3.8) is 0 Å². The van der Waals surface area contributed by atoms with Crippen molar-refractivity contribution in [2.45, 2.75) is 18.9 Å². The average molecular weight is 409 g/mol. The Morgan fingerprint density at radius 1 is 1.17 bits per heavy atom. The van der Waals surface area contributed by atoms with Crippen LogP contribution in [0.5, 0.6) is 11.5 Å². The summed E-state index contributed by atoms with van der Waals surface area (Å²) in [7, 11) is 1.58. The minimum Gasteiger partial charge on any atom is -0.497 e. The maximum atomic E-state index is 13.1. The quantitative estimate of drug-likeness (QED) is 0.645. The number of amides is 1. The van der Waals surface area contributed by atoms with Gasteiger partial charge in [0.25, 0.3) is 5.91 Å². The summed E-state index contributed by atoms with van der Waals surface area (Å²) in [5, 5.41) is 3.18. The molecule has 4 rings (SSSR count). The maximum absolute atomic E-state index is 13.1. The minimum atomic E-state index is -0.324. The van der Waals surface area contributed by atoms with Crippen LogP contribution in [-0.2, 0) is 9.53 Å². The van der Waals surface area contributed by atoms with Gasteiger partial charge in [-0.1, -0.05) is 12.1 Å². The molecular formula is C23H23NO6. The summed E-state index contributed by atoms with van der Waals surface area (Å²) in [4.78, 5) is 25.3. The number of carbonyl (C=O) groups is 1. The van der Waals surface area contributed by atoms with Gasteiger partial charge in [-0.2, -0.15) is 0 Å². The molecule has 0 spiro atoms. The molecule has 1 atom stereocenters. The molecule has 1 saturated heterocycles. The van der Waals surface area contributed by atoms with Gasteiger partial charge in [0.2, 0.25) is 11.2 Å². The van der Waals surface area contributed by atoms with Crippen LogP contribution in [-0.4, -0.2) is 38.9 Å². The predicted molar refractivity (Wildman–Crippen MR) is 112 cm³/mol. The summed E-state index contributed by atoms with van der Waals surface area (Å²) in [6, 6.07) is 14.0. The van der Waals surface area contributed by atoms with E-state index >= 15 is 0 Å². The number of benzene rings is 2. The molecule has 2 heterocycles. The molecule has 1 aliphatic heterocycles. The lowest BCUT2D eigenvalue weighted by Gasteiger charge is -2.13. The molecular weight excluding hydrogens is 386 g/mol. The lowest BCUT2D eigenvalue weighted by Crippen LogP contribution is -2.35. The Morgan fingerprint density at radius 2 is 1.97 bits per heavy atom. The minimum absolute atomic E-state index is 0.00568. The van der Waals surface area contributed by atoms with Gasteiger partial charge in [0.05, 0.1) is 18.6 Å². The van der Waals surface area contributed by atoms with Crippen LogP contribution in [0, 0.1) is 0 Å². The van der Waals surface area contributed by atoms with Gasteiger partial charge in [0, 0.05) is 18.7 Å². The summed E-state index contributed by atoms with van der Waals surface area (Å²) in [5.41, 5.74) is 0.770. The van der Waals surface area contributed by atoms with Crippen LogP contribution in [0.3, 0.4) is 0 Å². The van der Waals surface area contributed by atoms with Crippen LogP contribution in [0.15, 0.2) is 57.7 Å². The number of ether oxygens (including phenoxy) is 3. The third-order valence-electron chi connectivity index (χ3n) is 5.01. The Labute approximate surface area is 173 Å². The molecule has 1 fully saturated rings. The van der Waals surface area contributed by atoms with E-state index in [2.05, 4.69) is 5.32 Å². The first-order valence-electron chi connectivity index (χ1n) is 9.87. The van der Waals surface area contributed by atoms with E-state index in [1.807, 2.05) is 0 Å². The summed E-state index contributed by atoms with van der Waals surface area (Å²) < 4.78 is 22.4. The van der Waals surface area contributed by atoms with Crippen molar-refractivity contribution >= 4 is 16.9 Å². The highest BCUT2D eigenvalue weighted by atomic mass is 16.5. The van der Waals surface area contributed by atoms with E-state index in [1.54, 1.807) is 55.6 Å². The molecule has 1 amide bonds. The molecule has 7 nitrogen and oxygen atoms in total. The van der Waals surface area contributed by atoms with Gasteiger partial charge in [-0.05, 0) is 49.2 Å². The molecule has 1 aliphatic rings. The molecule has 1 N–H and O–H groups in total. The van der Waals surface area contributed by atoms with E-state index in [1.165, 1.54) is 0 Å². The van der Waals surface area contributed by atoms with Crippen LogP contribution in [0.2, 0.25) is 0 Å². The molecule has 156 valence electrons. The number of carbonyl (C=O) groups excluding carboxylic acids is 1. The number of nitrogens with one attached hydrogen (secondary N) is 1. The second-order valence-corrected chi connectivity index (χ2v) is 7.04. The number of para-hydroxylation sites is 1. The zero-order valence-corrected chi connectivity index (χ0v) is 16.7. The predicted octanol–water partition coefficient (Wildman–Crippen LogP) is 3.14. The molecule has 1 aromatic heterocycles. The lowest BCUT2D eigenvalue weighted by molar-refractivity contribution is -0.123. The maximum Gasteiger partial charge on any atom is 0.258 e. The van der Waals surface area contributed by atoms with Crippen LogP contribution in [0.4, 0.5) is 0 Å². The van der Waals surface area contributed by atoms with Gasteiger partial charge in [-0.3, -0.25) is 9.59 Å². The fourth-order valence-electron chi connectivity index (χ4n) is 3.41. The third kappa shape index (κ3) is 4.31. The molecule has 0 aliphatic carbocycles. The fraction of sp³-hybridized carbons (Fsp3) is 0.304. The van der Waals surface area contributed by atoms with E-state index < -0.39 is 0 Å². The van der Waals surface area contributed by atoms with Gasteiger partial charge >= 0.3 is 0 Å². The van der Waals surface area contributed by atoms with Gasteiger partial charge in [0.15, 0.2) is 12.4 Å². The van der Waals surface area contributed by atoms with Crippen molar-refractivity contribution in [2.75, 3.05) is 26.9 Å². The van der Waals surface area contributed by atoms with Crippen molar-refractivity contribution in [3.8, 4) is 22.8 Å². The Bertz CT molecular complexity index is 1080. The average Bonchev–Trinajstić information content (AvgIpc) is 3.31. The Hall–Kier alpha value is -3.32. The second-order valence-electron chi connectivity index (χ2n) is 7.04. The fourth-order valence-corrected chi connectivity index (χ4v) is 3.41. The number of rotatable bonds is 7. The lowest BCUT2D eigenvalue weighted by atomic mass is 10.1. The van der Waals surface area contributed by atoms with E-state index in [-0.39, 0.29) is 35.6 Å². The molecule has 0 bridgehead atoms. The molecule has 1 unspecified atom stereocenters. The SMILES string of the molecule is COc1ccc(-c2oc3ccccc3c(=O)c2OCC(=O)NCC2CCCO2)cc1. The third-order valence-corrected chi connectivity index (χ3v) is 5.01. The van der Waals surface area contributed by atoms with Crippen molar-refractivity contribution in [1.82, 2.24) is 5.32 Å². The number of hydrogen-bond acceptors (Lipinski definition) is 6. The molecule has 0 saturated carbocycles. The van der Waals surface area contributed by atoms with Crippen molar-refractivity contribution in [3.05, 3.63) is 58.8 Å². The highest BCUT2D eigenvalue weighted by Gasteiger charge is 2.20. The van der Waals surface area contributed by atoms with E-state index in [0.717, 1.165) is 19.4 Å². The molecule has 3 aromatic rings. The standard InChI is InChI=1S/C23H23NO6/c1-27-16-10-8-15(9-11-16)22-23(21(26)18-6-2-3-7-19(18)30-22)29-14-20(25)24-13-17-5-4-12-28-17/h2-3,6-11,17H,4-5,12-14H2,1H3,(H,24,25). The van der Waals surface area contributed by atoms with Crippen LogP contribution >= 0.6 is 0 Å². The van der Waals surface area contributed by atoms with Crippen LogP contribution in [0.1, 0.15) is 12.8 Å². The normalized spacial score (nSPS) is 15.8. The zero-order chi connectivity index (χ0) is 20.9. The largest absolute Gasteiger partial charge is 0.497 e. The van der Waals surface area contributed by atoms with Crippen LogP contribution in [0.25, 0.3) is 22.3 Å². The molecule has 7 heteroatoms. The molecule has 2 aromatic carbocycles. The Balaban J connectivity index is 1.60. The molecule has 0 radical (unpaired) electrons. The number of hydrogen-bond donors (Lipinski definition) is 1. The summed E-state index contributed by atoms with van der Waals surface area (Å²) in [5.74, 6) is 0.635. The van der Waals surface area contributed by atoms with Gasteiger partial charge in [-0.25, -0.2) is 0 Å². The molecule has 30 heavy (non-hydrogen) atoms. The Kier molecular flexibility index (Phi) is 5.99. The van der Waals surface area contributed by atoms with E-state index in [9.17, 15) is 9.59 Å². The first kappa shape index (κ1) is 20.0. The number of fused-ring (bicyclic) bond motifs is 1.